The summed E-state index contributed by atoms with van der Waals surface area (Å²) >= 11 is 3.65. The molecule has 1 aliphatic heterocycles. The van der Waals surface area contributed by atoms with E-state index in [4.69, 9.17) is 0 Å². The summed E-state index contributed by atoms with van der Waals surface area (Å²) in [4.78, 5) is 15.4. The number of carbonyl (C=O) groups excluding carboxylic acids is 1. The highest BCUT2D eigenvalue weighted by atomic mass is 32.2. The van der Waals surface area contributed by atoms with Gasteiger partial charge in [-0.05, 0) is 30.0 Å². The van der Waals surface area contributed by atoms with Gasteiger partial charge in [0.1, 0.15) is 5.82 Å². The van der Waals surface area contributed by atoms with Crippen LogP contribution in [0.5, 0.6) is 0 Å². The lowest BCUT2D eigenvalue weighted by Crippen LogP contribution is -2.36. The minimum absolute atomic E-state index is 0.225. The van der Waals surface area contributed by atoms with Crippen molar-refractivity contribution in [3.05, 3.63) is 52.5 Å². The third kappa shape index (κ3) is 3.62. The number of nitrogens with zero attached hydrogens (tertiary/aromatic N) is 1. The number of anilines is 1. The second-order valence-corrected chi connectivity index (χ2v) is 7.35. The van der Waals surface area contributed by atoms with Crippen molar-refractivity contribution in [1.29, 1.82) is 0 Å². The van der Waals surface area contributed by atoms with Crippen molar-refractivity contribution < 1.29 is 9.18 Å². The summed E-state index contributed by atoms with van der Waals surface area (Å²) in [5, 5.41) is 5.20. The summed E-state index contributed by atoms with van der Waals surface area (Å²) < 4.78 is 13.6. The smallest absolute Gasteiger partial charge is 0.321 e. The van der Waals surface area contributed by atoms with Crippen molar-refractivity contribution in [3.8, 4) is 0 Å². The second kappa shape index (κ2) is 7.15. The molecule has 0 radical (unpaired) electrons. The van der Waals surface area contributed by atoms with E-state index in [0.717, 1.165) is 12.2 Å². The highest BCUT2D eigenvalue weighted by Gasteiger charge is 2.23. The van der Waals surface area contributed by atoms with Crippen LogP contribution in [-0.2, 0) is 0 Å². The molecule has 0 unspecified atom stereocenters. The third-order valence-electron chi connectivity index (χ3n) is 3.60. The molecule has 1 aromatic heterocycles. The van der Waals surface area contributed by atoms with Crippen molar-refractivity contribution in [2.75, 3.05) is 24.2 Å². The van der Waals surface area contributed by atoms with Gasteiger partial charge in [-0.1, -0.05) is 18.2 Å². The average Bonchev–Trinajstić information content (AvgIpc) is 2.94. The zero-order valence-corrected chi connectivity index (χ0v) is 13.6. The first-order chi connectivity index (χ1) is 10.7. The van der Waals surface area contributed by atoms with E-state index in [1.54, 1.807) is 34.4 Å². The van der Waals surface area contributed by atoms with Crippen molar-refractivity contribution in [3.63, 3.8) is 0 Å². The topological polar surface area (TPSA) is 32.3 Å². The van der Waals surface area contributed by atoms with Crippen molar-refractivity contribution in [1.82, 2.24) is 4.90 Å². The maximum Gasteiger partial charge on any atom is 0.321 e. The van der Waals surface area contributed by atoms with Gasteiger partial charge in [-0.15, -0.1) is 11.3 Å². The fraction of sp³-hybridized carbons (Fsp3) is 0.312. The van der Waals surface area contributed by atoms with Gasteiger partial charge in [0.05, 0.1) is 5.69 Å². The summed E-state index contributed by atoms with van der Waals surface area (Å²) in [6.07, 6.45) is 0.926. The van der Waals surface area contributed by atoms with E-state index in [9.17, 15) is 9.18 Å². The normalized spacial score (nSPS) is 18.8. The molecule has 0 aliphatic carbocycles. The molecule has 1 aliphatic rings. The molecule has 1 atom stereocenters. The first-order valence-electron chi connectivity index (χ1n) is 7.19. The Morgan fingerprint density at radius 2 is 2.09 bits per heavy atom. The molecule has 0 saturated carbocycles. The maximum atomic E-state index is 13.6. The van der Waals surface area contributed by atoms with Gasteiger partial charge in [-0.25, -0.2) is 9.18 Å². The van der Waals surface area contributed by atoms with Crippen LogP contribution in [0.3, 0.4) is 0 Å². The number of halogens is 1. The number of rotatable bonds is 2. The Bertz CT molecular complexity index is 633. The van der Waals surface area contributed by atoms with E-state index in [1.165, 1.54) is 10.9 Å². The van der Waals surface area contributed by atoms with Gasteiger partial charge in [0.25, 0.3) is 0 Å². The molecular formula is C16H17FN2OS2. The number of thioether (sulfide) groups is 1. The van der Waals surface area contributed by atoms with Crippen LogP contribution in [0.2, 0.25) is 0 Å². The molecule has 1 N–H and O–H groups in total. The minimum Gasteiger partial charge on any atom is -0.324 e. The highest BCUT2D eigenvalue weighted by Crippen LogP contribution is 2.36. The zero-order valence-electron chi connectivity index (χ0n) is 12.0. The van der Waals surface area contributed by atoms with E-state index >= 15 is 0 Å². The van der Waals surface area contributed by atoms with Gasteiger partial charge in [0.15, 0.2) is 0 Å². The van der Waals surface area contributed by atoms with Gasteiger partial charge in [0.2, 0.25) is 0 Å². The van der Waals surface area contributed by atoms with Crippen LogP contribution < -0.4 is 5.32 Å². The molecule has 6 heteroatoms. The van der Waals surface area contributed by atoms with Gasteiger partial charge in [0, 0.05) is 29.0 Å². The van der Waals surface area contributed by atoms with Gasteiger partial charge in [-0.3, -0.25) is 0 Å². The summed E-state index contributed by atoms with van der Waals surface area (Å²) in [5.74, 6) is 0.490. The molecule has 116 valence electrons. The predicted molar refractivity (Wildman–Crippen MR) is 91.1 cm³/mol. The van der Waals surface area contributed by atoms with E-state index in [1.807, 2.05) is 11.8 Å². The predicted octanol–water partition coefficient (Wildman–Crippen LogP) is 4.60. The molecule has 1 fully saturated rings. The van der Waals surface area contributed by atoms with Crippen LogP contribution in [0, 0.1) is 5.82 Å². The summed E-state index contributed by atoms with van der Waals surface area (Å²) in [7, 11) is 0. The Kier molecular flexibility index (Phi) is 5.00. The van der Waals surface area contributed by atoms with Crippen molar-refractivity contribution in [2.24, 2.45) is 0 Å². The Labute approximate surface area is 137 Å². The molecule has 1 saturated heterocycles. The quantitative estimate of drug-likeness (QED) is 0.869. The van der Waals surface area contributed by atoms with E-state index < -0.39 is 5.82 Å². The Morgan fingerprint density at radius 1 is 1.23 bits per heavy atom. The lowest BCUT2D eigenvalue weighted by Gasteiger charge is -2.21. The van der Waals surface area contributed by atoms with Gasteiger partial charge >= 0.3 is 6.03 Å². The van der Waals surface area contributed by atoms with E-state index in [2.05, 4.69) is 22.8 Å². The zero-order chi connectivity index (χ0) is 15.4. The fourth-order valence-electron chi connectivity index (χ4n) is 2.43. The lowest BCUT2D eigenvalue weighted by molar-refractivity contribution is 0.215. The van der Waals surface area contributed by atoms with Crippen LogP contribution in [0.1, 0.15) is 16.5 Å². The molecule has 3 nitrogen and oxygen atoms in total. The van der Waals surface area contributed by atoms with Crippen LogP contribution >= 0.6 is 23.1 Å². The number of thiophene rings is 1. The Morgan fingerprint density at radius 3 is 2.86 bits per heavy atom. The highest BCUT2D eigenvalue weighted by molar-refractivity contribution is 7.99. The van der Waals surface area contributed by atoms with Crippen molar-refractivity contribution in [2.45, 2.75) is 11.7 Å². The van der Waals surface area contributed by atoms with Crippen molar-refractivity contribution >= 4 is 34.8 Å². The molecule has 22 heavy (non-hydrogen) atoms. The summed E-state index contributed by atoms with van der Waals surface area (Å²) in [5.41, 5.74) is 0.235. The SMILES string of the molecule is O=C(Nc1ccccc1F)N1CCS[C@@H](c2cccs2)CC1. The average molecular weight is 336 g/mol. The number of urea groups is 1. The number of nitrogens with one attached hydrogen (secondary N) is 1. The molecule has 3 rings (SSSR count). The lowest BCUT2D eigenvalue weighted by atomic mass is 10.2. The Balaban J connectivity index is 1.61. The fourth-order valence-corrected chi connectivity index (χ4v) is 4.67. The van der Waals surface area contributed by atoms with Crippen LogP contribution in [0.4, 0.5) is 14.9 Å². The second-order valence-electron chi connectivity index (χ2n) is 5.06. The molecule has 2 heterocycles. The number of para-hydroxylation sites is 1. The number of hydrogen-bond donors (Lipinski definition) is 1. The Hall–Kier alpha value is -1.53. The summed E-state index contributed by atoms with van der Waals surface area (Å²) in [6.45, 7) is 1.38. The maximum absolute atomic E-state index is 13.6. The molecule has 0 spiro atoms. The van der Waals surface area contributed by atoms with E-state index in [0.29, 0.717) is 18.3 Å². The van der Waals surface area contributed by atoms with Crippen LogP contribution in [0.25, 0.3) is 0 Å². The number of benzene rings is 1. The number of hydrogen-bond acceptors (Lipinski definition) is 3. The minimum atomic E-state index is -0.406. The van der Waals surface area contributed by atoms with Gasteiger partial charge in [-0.2, -0.15) is 11.8 Å². The van der Waals surface area contributed by atoms with E-state index in [-0.39, 0.29) is 11.7 Å². The first-order valence-corrected chi connectivity index (χ1v) is 9.12. The van der Waals surface area contributed by atoms with Gasteiger partial charge < -0.3 is 10.2 Å². The molecule has 0 bridgehead atoms. The van der Waals surface area contributed by atoms with Crippen LogP contribution in [0.15, 0.2) is 41.8 Å². The first kappa shape index (κ1) is 15.4. The molecule has 2 aromatic rings. The standard InChI is InChI=1S/C16H17FN2OS2/c17-12-4-1-2-5-13(12)18-16(20)19-8-7-15(22-11-9-19)14-6-3-10-21-14/h1-6,10,15H,7-9,11H2,(H,18,20)/t15-/m1/s1. The number of carbonyl (C=O) groups is 1. The summed E-state index contributed by atoms with van der Waals surface area (Å²) in [6, 6.07) is 10.2. The molecule has 2 amide bonds. The monoisotopic (exact) mass is 336 g/mol. The third-order valence-corrected chi connectivity index (χ3v) is 6.05. The molecular weight excluding hydrogens is 319 g/mol. The largest absolute Gasteiger partial charge is 0.324 e. The van der Waals surface area contributed by atoms with Crippen LogP contribution in [-0.4, -0.2) is 29.8 Å². The number of amides is 2. The molecule has 1 aromatic carbocycles.